The Labute approximate surface area is 180 Å². The van der Waals surface area contributed by atoms with Gasteiger partial charge in [-0.3, -0.25) is 4.79 Å². The summed E-state index contributed by atoms with van der Waals surface area (Å²) in [6, 6.07) is 11.5. The standard InChI is InChI=1S/C22H27BrN2O4/c1-4-13-29-21-17(23)14-16(15-20(21)28-3)22(26)25-11-9-24(10-12-25)18-7-5-6-8-19(18)27-2/h5-8,14-15H,4,9-13H2,1-3H3. The van der Waals surface area contributed by atoms with Gasteiger partial charge in [0, 0.05) is 31.7 Å². The van der Waals surface area contributed by atoms with Crippen molar-refractivity contribution in [2.24, 2.45) is 0 Å². The lowest BCUT2D eigenvalue weighted by atomic mass is 10.1. The van der Waals surface area contributed by atoms with Crippen molar-refractivity contribution < 1.29 is 19.0 Å². The first-order chi connectivity index (χ1) is 14.1. The predicted octanol–water partition coefficient (Wildman–Crippen LogP) is 4.22. The van der Waals surface area contributed by atoms with E-state index in [1.54, 1.807) is 20.3 Å². The van der Waals surface area contributed by atoms with Crippen molar-refractivity contribution >= 4 is 27.5 Å². The number of ether oxygens (including phenoxy) is 3. The zero-order valence-electron chi connectivity index (χ0n) is 17.1. The van der Waals surface area contributed by atoms with Crippen molar-refractivity contribution in [3.05, 3.63) is 46.4 Å². The van der Waals surface area contributed by atoms with E-state index in [2.05, 4.69) is 20.8 Å². The second-order valence-corrected chi connectivity index (χ2v) is 7.64. The van der Waals surface area contributed by atoms with Crippen molar-refractivity contribution in [2.45, 2.75) is 13.3 Å². The Kier molecular flexibility index (Phi) is 7.25. The summed E-state index contributed by atoms with van der Waals surface area (Å²) < 4.78 is 17.4. The molecule has 2 aromatic rings. The van der Waals surface area contributed by atoms with Crippen LogP contribution in [0.15, 0.2) is 40.9 Å². The molecule has 6 nitrogen and oxygen atoms in total. The summed E-state index contributed by atoms with van der Waals surface area (Å²) in [6.07, 6.45) is 0.896. The lowest BCUT2D eigenvalue weighted by Crippen LogP contribution is -2.48. The summed E-state index contributed by atoms with van der Waals surface area (Å²) in [6.45, 7) is 5.43. The minimum Gasteiger partial charge on any atom is -0.495 e. The Bertz CT molecular complexity index is 851. The van der Waals surface area contributed by atoms with Crippen LogP contribution in [0, 0.1) is 0 Å². The molecule has 2 aromatic carbocycles. The molecule has 0 bridgehead atoms. The quantitative estimate of drug-likeness (QED) is 0.616. The third-order valence-electron chi connectivity index (χ3n) is 4.92. The number of anilines is 1. The van der Waals surface area contributed by atoms with Crippen LogP contribution >= 0.6 is 15.9 Å². The summed E-state index contributed by atoms with van der Waals surface area (Å²) in [5.74, 6) is 2.03. The molecule has 1 aliphatic heterocycles. The fourth-order valence-electron chi connectivity index (χ4n) is 3.41. The van der Waals surface area contributed by atoms with Gasteiger partial charge < -0.3 is 24.0 Å². The number of nitrogens with zero attached hydrogens (tertiary/aromatic N) is 2. The number of methoxy groups -OCH3 is 2. The number of halogens is 1. The van der Waals surface area contributed by atoms with Crippen LogP contribution in [0.2, 0.25) is 0 Å². The average molecular weight is 463 g/mol. The van der Waals surface area contributed by atoms with E-state index in [0.717, 1.165) is 35.4 Å². The average Bonchev–Trinajstić information content (AvgIpc) is 2.77. The van der Waals surface area contributed by atoms with Gasteiger partial charge in [0.15, 0.2) is 11.5 Å². The van der Waals surface area contributed by atoms with E-state index in [-0.39, 0.29) is 5.91 Å². The zero-order valence-corrected chi connectivity index (χ0v) is 18.7. The van der Waals surface area contributed by atoms with Crippen LogP contribution in [0.3, 0.4) is 0 Å². The van der Waals surface area contributed by atoms with Gasteiger partial charge in [-0.15, -0.1) is 0 Å². The van der Waals surface area contributed by atoms with Crippen molar-refractivity contribution in [2.75, 3.05) is 51.9 Å². The molecule has 0 radical (unpaired) electrons. The molecule has 29 heavy (non-hydrogen) atoms. The van der Waals surface area contributed by atoms with Gasteiger partial charge in [0.25, 0.3) is 5.91 Å². The Morgan fingerprint density at radius 1 is 1.03 bits per heavy atom. The Hall–Kier alpha value is -2.41. The van der Waals surface area contributed by atoms with Gasteiger partial charge in [-0.25, -0.2) is 0 Å². The van der Waals surface area contributed by atoms with E-state index in [4.69, 9.17) is 14.2 Å². The summed E-state index contributed by atoms with van der Waals surface area (Å²) in [7, 11) is 3.26. The molecular formula is C22H27BrN2O4. The highest BCUT2D eigenvalue weighted by atomic mass is 79.9. The smallest absolute Gasteiger partial charge is 0.254 e. The first-order valence-electron chi connectivity index (χ1n) is 9.76. The van der Waals surface area contributed by atoms with Gasteiger partial charge in [-0.1, -0.05) is 19.1 Å². The molecule has 0 saturated carbocycles. The minimum absolute atomic E-state index is 0.00859. The van der Waals surface area contributed by atoms with Crippen LogP contribution in [0.25, 0.3) is 0 Å². The molecule has 0 aromatic heterocycles. The van der Waals surface area contributed by atoms with E-state index >= 15 is 0 Å². The van der Waals surface area contributed by atoms with Gasteiger partial charge in [0.1, 0.15) is 5.75 Å². The van der Waals surface area contributed by atoms with Crippen LogP contribution in [-0.4, -0.2) is 57.8 Å². The lowest BCUT2D eigenvalue weighted by molar-refractivity contribution is 0.0746. The fraction of sp³-hybridized carbons (Fsp3) is 0.409. The summed E-state index contributed by atoms with van der Waals surface area (Å²) in [5.41, 5.74) is 1.65. The van der Waals surface area contributed by atoms with Crippen molar-refractivity contribution in [1.29, 1.82) is 0 Å². The monoisotopic (exact) mass is 462 g/mol. The number of para-hydroxylation sites is 2. The number of carbonyl (C=O) groups is 1. The van der Waals surface area contributed by atoms with Crippen molar-refractivity contribution in [3.63, 3.8) is 0 Å². The summed E-state index contributed by atoms with van der Waals surface area (Å²) in [4.78, 5) is 17.2. The summed E-state index contributed by atoms with van der Waals surface area (Å²) >= 11 is 3.52. The Morgan fingerprint density at radius 2 is 1.72 bits per heavy atom. The number of rotatable bonds is 7. The lowest BCUT2D eigenvalue weighted by Gasteiger charge is -2.36. The maximum Gasteiger partial charge on any atom is 0.254 e. The van der Waals surface area contributed by atoms with Crippen molar-refractivity contribution in [3.8, 4) is 17.2 Å². The number of hydrogen-bond acceptors (Lipinski definition) is 5. The number of hydrogen-bond donors (Lipinski definition) is 0. The molecule has 1 aliphatic rings. The van der Waals surface area contributed by atoms with Gasteiger partial charge in [-0.2, -0.15) is 0 Å². The Morgan fingerprint density at radius 3 is 2.38 bits per heavy atom. The highest BCUT2D eigenvalue weighted by Gasteiger charge is 2.25. The molecule has 1 heterocycles. The van der Waals surface area contributed by atoms with Crippen molar-refractivity contribution in [1.82, 2.24) is 4.90 Å². The summed E-state index contributed by atoms with van der Waals surface area (Å²) in [5, 5.41) is 0. The molecule has 0 spiro atoms. The molecule has 156 valence electrons. The third-order valence-corrected chi connectivity index (χ3v) is 5.51. The zero-order chi connectivity index (χ0) is 20.8. The first kappa shape index (κ1) is 21.3. The first-order valence-corrected chi connectivity index (χ1v) is 10.6. The minimum atomic E-state index is -0.00859. The SMILES string of the molecule is CCCOc1c(Br)cc(C(=O)N2CCN(c3ccccc3OC)CC2)cc1OC. The van der Waals surface area contributed by atoms with E-state index in [1.165, 1.54) is 0 Å². The maximum atomic E-state index is 13.1. The van der Waals surface area contributed by atoms with Crippen LogP contribution in [0.4, 0.5) is 5.69 Å². The van der Waals surface area contributed by atoms with E-state index in [9.17, 15) is 4.79 Å². The molecule has 1 saturated heterocycles. The molecule has 0 aliphatic carbocycles. The van der Waals surface area contributed by atoms with Gasteiger partial charge in [-0.05, 0) is 46.6 Å². The highest BCUT2D eigenvalue weighted by molar-refractivity contribution is 9.10. The number of amides is 1. The molecule has 7 heteroatoms. The molecular weight excluding hydrogens is 436 g/mol. The molecule has 1 amide bonds. The normalized spacial score (nSPS) is 13.9. The topological polar surface area (TPSA) is 51.2 Å². The van der Waals surface area contributed by atoms with Crippen LogP contribution < -0.4 is 19.1 Å². The fourth-order valence-corrected chi connectivity index (χ4v) is 3.97. The second kappa shape index (κ2) is 9.87. The third kappa shape index (κ3) is 4.78. The molecule has 0 unspecified atom stereocenters. The second-order valence-electron chi connectivity index (χ2n) is 6.79. The molecule has 3 rings (SSSR count). The van der Waals surface area contributed by atoms with Crippen LogP contribution in [0.5, 0.6) is 17.2 Å². The maximum absolute atomic E-state index is 13.1. The number of piperazine rings is 1. The molecule has 0 atom stereocenters. The highest BCUT2D eigenvalue weighted by Crippen LogP contribution is 2.37. The van der Waals surface area contributed by atoms with Crippen LogP contribution in [-0.2, 0) is 0 Å². The van der Waals surface area contributed by atoms with E-state index in [1.807, 2.05) is 42.2 Å². The van der Waals surface area contributed by atoms with Gasteiger partial charge >= 0.3 is 0 Å². The molecule has 1 fully saturated rings. The predicted molar refractivity (Wildman–Crippen MR) is 118 cm³/mol. The van der Waals surface area contributed by atoms with Gasteiger partial charge in [0.2, 0.25) is 0 Å². The van der Waals surface area contributed by atoms with Gasteiger partial charge in [0.05, 0.1) is 31.0 Å². The largest absolute Gasteiger partial charge is 0.495 e. The number of carbonyl (C=O) groups excluding carboxylic acids is 1. The van der Waals surface area contributed by atoms with Crippen LogP contribution in [0.1, 0.15) is 23.7 Å². The van der Waals surface area contributed by atoms with E-state index < -0.39 is 0 Å². The van der Waals surface area contributed by atoms with E-state index in [0.29, 0.717) is 36.8 Å². The Balaban J connectivity index is 1.71. The molecule has 0 N–H and O–H groups in total. The number of benzene rings is 2.